The van der Waals surface area contributed by atoms with Crippen LogP contribution in [-0.2, 0) is 0 Å². The van der Waals surface area contributed by atoms with E-state index in [0.29, 0.717) is 10.8 Å². The molecular weight excluding hydrogens is 188 g/mol. The van der Waals surface area contributed by atoms with Crippen molar-refractivity contribution in [2.75, 3.05) is 0 Å². The van der Waals surface area contributed by atoms with Gasteiger partial charge >= 0.3 is 0 Å². The minimum atomic E-state index is 0.00932. The molecule has 0 aliphatic carbocycles. The van der Waals surface area contributed by atoms with Gasteiger partial charge in [0.25, 0.3) is 0 Å². The first-order chi connectivity index (χ1) is 6.20. The largest absolute Gasteiger partial charge is 0.507 e. The maximum absolute atomic E-state index is 9.54. The topological polar surface area (TPSA) is 40.5 Å². The maximum atomic E-state index is 9.54. The number of benzene rings is 2. The van der Waals surface area contributed by atoms with Crippen molar-refractivity contribution in [3.8, 4) is 11.5 Å². The van der Waals surface area contributed by atoms with Crippen LogP contribution in [0, 0.1) is 0 Å². The SMILES string of the molecule is Oc1cc(Cl)c(O)c2ccccc12. The fraction of sp³-hybridized carbons (Fsp3) is 0. The Balaban J connectivity index is 2.97. The number of phenols is 2. The van der Waals surface area contributed by atoms with Crippen LogP contribution in [0.5, 0.6) is 11.5 Å². The summed E-state index contributed by atoms with van der Waals surface area (Å²) in [6.45, 7) is 0. The van der Waals surface area contributed by atoms with Gasteiger partial charge in [0.15, 0.2) is 0 Å². The summed E-state index contributed by atoms with van der Waals surface area (Å²) in [6.07, 6.45) is 0. The van der Waals surface area contributed by atoms with Crippen LogP contribution >= 0.6 is 11.6 Å². The van der Waals surface area contributed by atoms with Gasteiger partial charge in [-0.2, -0.15) is 0 Å². The van der Waals surface area contributed by atoms with Gasteiger partial charge in [-0.15, -0.1) is 0 Å². The first kappa shape index (κ1) is 8.20. The van der Waals surface area contributed by atoms with Gasteiger partial charge in [0.05, 0.1) is 5.02 Å². The van der Waals surface area contributed by atoms with Crippen LogP contribution in [0.3, 0.4) is 0 Å². The van der Waals surface area contributed by atoms with Gasteiger partial charge in [-0.1, -0.05) is 35.9 Å². The number of fused-ring (bicyclic) bond motifs is 1. The van der Waals surface area contributed by atoms with E-state index in [9.17, 15) is 10.2 Å². The molecule has 0 amide bonds. The smallest absolute Gasteiger partial charge is 0.142 e. The van der Waals surface area contributed by atoms with Crippen molar-refractivity contribution >= 4 is 22.4 Å². The Morgan fingerprint density at radius 1 is 1.00 bits per heavy atom. The Kier molecular flexibility index (Phi) is 1.78. The summed E-state index contributed by atoms with van der Waals surface area (Å²) < 4.78 is 0. The average Bonchev–Trinajstić information content (AvgIpc) is 2.15. The minimum Gasteiger partial charge on any atom is -0.507 e. The molecule has 2 rings (SSSR count). The van der Waals surface area contributed by atoms with Crippen LogP contribution in [0.15, 0.2) is 30.3 Å². The second-order valence-corrected chi connectivity index (χ2v) is 3.18. The van der Waals surface area contributed by atoms with Crippen LogP contribution in [0.2, 0.25) is 5.02 Å². The van der Waals surface area contributed by atoms with Crippen molar-refractivity contribution in [3.05, 3.63) is 35.4 Å². The highest BCUT2D eigenvalue weighted by Gasteiger charge is 2.07. The normalized spacial score (nSPS) is 10.5. The fourth-order valence-electron chi connectivity index (χ4n) is 1.31. The maximum Gasteiger partial charge on any atom is 0.142 e. The van der Waals surface area contributed by atoms with Gasteiger partial charge in [-0.25, -0.2) is 0 Å². The average molecular weight is 195 g/mol. The molecule has 0 unspecified atom stereocenters. The van der Waals surface area contributed by atoms with E-state index in [1.54, 1.807) is 24.3 Å². The third-order valence-electron chi connectivity index (χ3n) is 1.95. The third-order valence-corrected chi connectivity index (χ3v) is 2.24. The highest BCUT2D eigenvalue weighted by Crippen LogP contribution is 2.37. The number of hydrogen-bond donors (Lipinski definition) is 2. The van der Waals surface area contributed by atoms with Crippen molar-refractivity contribution in [2.45, 2.75) is 0 Å². The Labute approximate surface area is 80.0 Å². The van der Waals surface area contributed by atoms with Gasteiger partial charge in [0.2, 0.25) is 0 Å². The summed E-state index contributed by atoms with van der Waals surface area (Å²) in [5.74, 6) is 0.0912. The zero-order valence-electron chi connectivity index (χ0n) is 6.66. The van der Waals surface area contributed by atoms with E-state index >= 15 is 0 Å². The first-order valence-electron chi connectivity index (χ1n) is 3.79. The summed E-state index contributed by atoms with van der Waals surface area (Å²) in [4.78, 5) is 0. The molecule has 0 saturated carbocycles. The molecule has 13 heavy (non-hydrogen) atoms. The third kappa shape index (κ3) is 1.19. The van der Waals surface area contributed by atoms with E-state index in [2.05, 4.69) is 0 Å². The lowest BCUT2D eigenvalue weighted by atomic mass is 10.1. The second-order valence-electron chi connectivity index (χ2n) is 2.77. The van der Waals surface area contributed by atoms with Crippen molar-refractivity contribution in [2.24, 2.45) is 0 Å². The van der Waals surface area contributed by atoms with Crippen molar-refractivity contribution in [1.29, 1.82) is 0 Å². The second kappa shape index (κ2) is 2.82. The molecule has 0 aromatic heterocycles. The molecular formula is C10H7ClO2. The Hall–Kier alpha value is -1.41. The Morgan fingerprint density at radius 2 is 1.62 bits per heavy atom. The summed E-state index contributed by atoms with van der Waals surface area (Å²) in [5.41, 5.74) is 0. The van der Waals surface area contributed by atoms with Gasteiger partial charge in [-0.05, 0) is 0 Å². The summed E-state index contributed by atoms with van der Waals surface area (Å²) in [6, 6.07) is 8.32. The van der Waals surface area contributed by atoms with Crippen LogP contribution in [0.4, 0.5) is 0 Å². The zero-order chi connectivity index (χ0) is 9.42. The summed E-state index contributed by atoms with van der Waals surface area (Å²) >= 11 is 5.68. The molecule has 3 heteroatoms. The standard InChI is InChI=1S/C10H7ClO2/c11-8-5-9(12)6-3-1-2-4-7(6)10(8)13/h1-5,12-13H. The van der Waals surface area contributed by atoms with Crippen molar-refractivity contribution < 1.29 is 10.2 Å². The van der Waals surface area contributed by atoms with E-state index < -0.39 is 0 Å². The van der Waals surface area contributed by atoms with E-state index in [-0.39, 0.29) is 16.5 Å². The molecule has 2 aromatic rings. The lowest BCUT2D eigenvalue weighted by Crippen LogP contribution is -1.76. The molecule has 0 heterocycles. The Bertz CT molecular complexity index is 466. The molecule has 2 aromatic carbocycles. The van der Waals surface area contributed by atoms with Crippen LogP contribution in [0.1, 0.15) is 0 Å². The minimum absolute atomic E-state index is 0.00932. The summed E-state index contributed by atoms with van der Waals surface area (Å²) in [7, 11) is 0. The molecule has 0 aliphatic heterocycles. The molecule has 2 N–H and O–H groups in total. The van der Waals surface area contributed by atoms with E-state index in [1.807, 2.05) is 0 Å². The molecule has 66 valence electrons. The van der Waals surface area contributed by atoms with Gasteiger partial charge in [0, 0.05) is 16.8 Å². The summed E-state index contributed by atoms with van der Waals surface area (Å²) in [5, 5.41) is 20.3. The molecule has 0 fully saturated rings. The zero-order valence-corrected chi connectivity index (χ0v) is 7.42. The predicted molar refractivity (Wildman–Crippen MR) is 52.3 cm³/mol. The molecule has 0 saturated heterocycles. The fourth-order valence-corrected chi connectivity index (χ4v) is 1.51. The van der Waals surface area contributed by atoms with Gasteiger partial charge < -0.3 is 10.2 Å². The van der Waals surface area contributed by atoms with E-state index in [1.165, 1.54) is 6.07 Å². The number of halogens is 1. The number of aromatic hydroxyl groups is 2. The Morgan fingerprint density at radius 3 is 2.31 bits per heavy atom. The molecule has 0 radical (unpaired) electrons. The van der Waals surface area contributed by atoms with E-state index in [4.69, 9.17) is 11.6 Å². The van der Waals surface area contributed by atoms with Crippen molar-refractivity contribution in [3.63, 3.8) is 0 Å². The molecule has 0 aliphatic rings. The lowest BCUT2D eigenvalue weighted by molar-refractivity contribution is 0.470. The monoisotopic (exact) mass is 194 g/mol. The first-order valence-corrected chi connectivity index (χ1v) is 4.17. The highest BCUT2D eigenvalue weighted by atomic mass is 35.5. The molecule has 0 bridgehead atoms. The van der Waals surface area contributed by atoms with Crippen LogP contribution in [0.25, 0.3) is 10.8 Å². The van der Waals surface area contributed by atoms with Gasteiger partial charge in [0.1, 0.15) is 11.5 Å². The van der Waals surface area contributed by atoms with Crippen molar-refractivity contribution in [1.82, 2.24) is 0 Å². The van der Waals surface area contributed by atoms with Crippen LogP contribution in [-0.4, -0.2) is 10.2 Å². The van der Waals surface area contributed by atoms with E-state index in [0.717, 1.165) is 0 Å². The molecule has 0 atom stereocenters. The number of hydrogen-bond acceptors (Lipinski definition) is 2. The lowest BCUT2D eigenvalue weighted by Gasteiger charge is -2.04. The predicted octanol–water partition coefficient (Wildman–Crippen LogP) is 2.90. The number of rotatable bonds is 0. The highest BCUT2D eigenvalue weighted by molar-refractivity contribution is 6.33. The van der Waals surface area contributed by atoms with Crippen LogP contribution < -0.4 is 0 Å². The quantitative estimate of drug-likeness (QED) is 0.633. The number of phenolic OH excluding ortho intramolecular Hbond substituents is 2. The van der Waals surface area contributed by atoms with Gasteiger partial charge in [-0.3, -0.25) is 0 Å². The molecule has 0 spiro atoms. The molecule has 2 nitrogen and oxygen atoms in total.